The van der Waals surface area contributed by atoms with Crippen LogP contribution in [0.5, 0.6) is 0 Å². The second kappa shape index (κ2) is 7.17. The molecule has 0 amide bonds. The molecule has 0 bridgehead atoms. The zero-order valence-corrected chi connectivity index (χ0v) is 14.3. The van der Waals surface area contributed by atoms with Crippen LogP contribution >= 0.6 is 11.6 Å². The summed E-state index contributed by atoms with van der Waals surface area (Å²) in [7, 11) is 0. The normalized spacial score (nSPS) is 11.9. The van der Waals surface area contributed by atoms with Crippen molar-refractivity contribution in [1.29, 1.82) is 0 Å². The average molecular weight is 380 g/mol. The maximum atomic E-state index is 12.9. The van der Waals surface area contributed by atoms with Gasteiger partial charge in [0.05, 0.1) is 28.7 Å². The van der Waals surface area contributed by atoms with Gasteiger partial charge < -0.3 is 0 Å². The third kappa shape index (κ3) is 3.85. The Morgan fingerprint density at radius 3 is 2.69 bits per heavy atom. The number of aromatic nitrogens is 3. The van der Waals surface area contributed by atoms with Crippen molar-refractivity contribution in [1.82, 2.24) is 14.8 Å². The van der Waals surface area contributed by atoms with Gasteiger partial charge in [-0.15, -0.1) is 0 Å². The number of hydrogen-bond acceptors (Lipinski definition) is 4. The number of hydrazone groups is 1. The molecule has 0 saturated carbocycles. The van der Waals surface area contributed by atoms with Gasteiger partial charge in [0.1, 0.15) is 11.0 Å². The van der Waals surface area contributed by atoms with E-state index >= 15 is 0 Å². The molecule has 0 spiro atoms. The summed E-state index contributed by atoms with van der Waals surface area (Å²) >= 11 is 6.30. The van der Waals surface area contributed by atoms with E-state index in [0.717, 1.165) is 12.1 Å². The van der Waals surface area contributed by atoms with Gasteiger partial charge in [-0.25, -0.2) is 9.67 Å². The molecule has 0 fully saturated rings. The molecule has 0 radical (unpaired) electrons. The number of rotatable bonds is 4. The van der Waals surface area contributed by atoms with Crippen LogP contribution in [0.1, 0.15) is 16.8 Å². The number of pyridine rings is 1. The van der Waals surface area contributed by atoms with Gasteiger partial charge in [-0.05, 0) is 37.3 Å². The fourth-order valence-corrected chi connectivity index (χ4v) is 2.56. The van der Waals surface area contributed by atoms with Gasteiger partial charge in [-0.1, -0.05) is 23.7 Å². The fraction of sp³-hybridized carbons (Fsp3) is 0.118. The first-order chi connectivity index (χ1) is 12.4. The van der Waals surface area contributed by atoms with Crippen LogP contribution in [0.4, 0.5) is 19.0 Å². The van der Waals surface area contributed by atoms with Crippen LogP contribution in [0.25, 0.3) is 5.69 Å². The standard InChI is InChI=1S/C17H13ClF3N5/c1-11-14(10-23-24-15-7-2-3-8-22-15)16(18)26(25-11)13-6-4-5-12(9-13)17(19,20)21/h2-10H,1H3,(H,22,24)/b23-10-. The zero-order valence-electron chi connectivity index (χ0n) is 13.5. The second-order valence-electron chi connectivity index (χ2n) is 5.33. The van der Waals surface area contributed by atoms with Crippen LogP contribution in [-0.4, -0.2) is 21.0 Å². The van der Waals surface area contributed by atoms with Gasteiger partial charge in [0.25, 0.3) is 0 Å². The summed E-state index contributed by atoms with van der Waals surface area (Å²) in [5, 5.41) is 8.41. The molecule has 0 saturated heterocycles. The highest BCUT2D eigenvalue weighted by molar-refractivity contribution is 6.32. The fourth-order valence-electron chi connectivity index (χ4n) is 2.23. The Morgan fingerprint density at radius 2 is 2.00 bits per heavy atom. The molecule has 0 unspecified atom stereocenters. The maximum Gasteiger partial charge on any atom is 0.416 e. The number of aryl methyl sites for hydroxylation is 1. The van der Waals surface area contributed by atoms with E-state index in [1.807, 2.05) is 0 Å². The monoisotopic (exact) mass is 379 g/mol. The quantitative estimate of drug-likeness (QED) is 0.528. The van der Waals surface area contributed by atoms with Crippen LogP contribution in [-0.2, 0) is 6.18 Å². The minimum atomic E-state index is -4.44. The molecular weight excluding hydrogens is 367 g/mol. The molecular formula is C17H13ClF3N5. The Hall–Kier alpha value is -2.87. The minimum Gasteiger partial charge on any atom is -0.261 e. The van der Waals surface area contributed by atoms with Crippen molar-refractivity contribution in [2.45, 2.75) is 13.1 Å². The molecule has 0 atom stereocenters. The SMILES string of the molecule is Cc1nn(-c2cccc(C(F)(F)F)c2)c(Cl)c1/C=N\Nc1ccccn1. The molecule has 2 aromatic heterocycles. The van der Waals surface area contributed by atoms with E-state index in [4.69, 9.17) is 11.6 Å². The summed E-state index contributed by atoms with van der Waals surface area (Å²) in [5.74, 6) is 0.544. The molecule has 26 heavy (non-hydrogen) atoms. The zero-order chi connectivity index (χ0) is 18.7. The number of anilines is 1. The Bertz CT molecular complexity index is 935. The third-order valence-electron chi connectivity index (χ3n) is 3.50. The average Bonchev–Trinajstić information content (AvgIpc) is 2.90. The van der Waals surface area contributed by atoms with E-state index < -0.39 is 11.7 Å². The van der Waals surface area contributed by atoms with E-state index in [0.29, 0.717) is 17.1 Å². The van der Waals surface area contributed by atoms with Crippen molar-refractivity contribution in [2.24, 2.45) is 5.10 Å². The van der Waals surface area contributed by atoms with Crippen molar-refractivity contribution in [3.05, 3.63) is 70.6 Å². The molecule has 3 rings (SSSR count). The van der Waals surface area contributed by atoms with Crippen molar-refractivity contribution in [3.63, 3.8) is 0 Å². The van der Waals surface area contributed by atoms with Crippen LogP contribution in [0.2, 0.25) is 5.15 Å². The lowest BCUT2D eigenvalue weighted by Gasteiger charge is -2.09. The minimum absolute atomic E-state index is 0.161. The lowest BCUT2D eigenvalue weighted by molar-refractivity contribution is -0.137. The van der Waals surface area contributed by atoms with Crippen LogP contribution in [0.3, 0.4) is 0 Å². The van der Waals surface area contributed by atoms with Crippen molar-refractivity contribution < 1.29 is 13.2 Å². The Kier molecular flexibility index (Phi) is 4.94. The number of halogens is 4. The lowest BCUT2D eigenvalue weighted by atomic mass is 10.2. The summed E-state index contributed by atoms with van der Waals surface area (Å²) in [6.45, 7) is 1.69. The van der Waals surface area contributed by atoms with Gasteiger partial charge in [-0.3, -0.25) is 5.43 Å². The Morgan fingerprint density at radius 1 is 1.19 bits per heavy atom. The highest BCUT2D eigenvalue weighted by Crippen LogP contribution is 2.31. The first kappa shape index (κ1) is 17.9. The topological polar surface area (TPSA) is 55.1 Å². The third-order valence-corrected chi connectivity index (χ3v) is 3.87. The molecule has 5 nitrogen and oxygen atoms in total. The number of nitrogens with one attached hydrogen (secondary N) is 1. The first-order valence-electron chi connectivity index (χ1n) is 7.49. The van der Waals surface area contributed by atoms with Gasteiger partial charge in [0.15, 0.2) is 0 Å². The highest BCUT2D eigenvalue weighted by atomic mass is 35.5. The molecule has 2 heterocycles. The number of benzene rings is 1. The van der Waals surface area contributed by atoms with E-state index in [-0.39, 0.29) is 10.8 Å². The summed E-state index contributed by atoms with van der Waals surface area (Å²) in [6, 6.07) is 10.1. The summed E-state index contributed by atoms with van der Waals surface area (Å²) in [6.07, 6.45) is -1.38. The summed E-state index contributed by atoms with van der Waals surface area (Å²) in [4.78, 5) is 4.06. The second-order valence-corrected chi connectivity index (χ2v) is 5.69. The number of nitrogens with zero attached hydrogens (tertiary/aromatic N) is 4. The van der Waals surface area contributed by atoms with Crippen molar-refractivity contribution in [2.75, 3.05) is 5.43 Å². The maximum absolute atomic E-state index is 12.9. The van der Waals surface area contributed by atoms with Gasteiger partial charge in [0, 0.05) is 6.20 Å². The molecule has 134 valence electrons. The van der Waals surface area contributed by atoms with Crippen LogP contribution < -0.4 is 5.43 Å². The predicted molar refractivity (Wildman–Crippen MR) is 93.8 cm³/mol. The van der Waals surface area contributed by atoms with E-state index in [2.05, 4.69) is 20.6 Å². The molecule has 0 aliphatic rings. The molecule has 3 aromatic rings. The van der Waals surface area contributed by atoms with E-state index in [1.54, 1.807) is 31.3 Å². The molecule has 0 aliphatic carbocycles. The van der Waals surface area contributed by atoms with E-state index in [9.17, 15) is 13.2 Å². The van der Waals surface area contributed by atoms with Crippen molar-refractivity contribution in [3.8, 4) is 5.69 Å². The van der Waals surface area contributed by atoms with Gasteiger partial charge >= 0.3 is 6.18 Å². The number of alkyl halides is 3. The largest absolute Gasteiger partial charge is 0.416 e. The van der Waals surface area contributed by atoms with Gasteiger partial charge in [-0.2, -0.15) is 23.4 Å². The van der Waals surface area contributed by atoms with Crippen LogP contribution in [0, 0.1) is 6.92 Å². The first-order valence-corrected chi connectivity index (χ1v) is 7.87. The summed E-state index contributed by atoms with van der Waals surface area (Å²) < 4.78 is 39.9. The Balaban J connectivity index is 1.89. The summed E-state index contributed by atoms with van der Waals surface area (Å²) in [5.41, 5.74) is 3.20. The smallest absolute Gasteiger partial charge is 0.261 e. The predicted octanol–water partition coefficient (Wildman–Crippen LogP) is 4.69. The highest BCUT2D eigenvalue weighted by Gasteiger charge is 2.30. The lowest BCUT2D eigenvalue weighted by Crippen LogP contribution is -2.06. The molecule has 0 aliphatic heterocycles. The number of hydrogen-bond donors (Lipinski definition) is 1. The van der Waals surface area contributed by atoms with E-state index in [1.165, 1.54) is 23.0 Å². The Labute approximate surface area is 152 Å². The van der Waals surface area contributed by atoms with Gasteiger partial charge in [0.2, 0.25) is 0 Å². The molecule has 1 N–H and O–H groups in total. The van der Waals surface area contributed by atoms with Crippen molar-refractivity contribution >= 4 is 23.6 Å². The van der Waals surface area contributed by atoms with Crippen LogP contribution in [0.15, 0.2) is 53.8 Å². The molecule has 9 heteroatoms. The molecule has 1 aromatic carbocycles.